The van der Waals surface area contributed by atoms with E-state index in [0.717, 1.165) is 31.6 Å². The lowest BCUT2D eigenvalue weighted by Gasteiger charge is -2.17. The summed E-state index contributed by atoms with van der Waals surface area (Å²) in [5.74, 6) is 0.147. The Labute approximate surface area is 115 Å². The highest BCUT2D eigenvalue weighted by Gasteiger charge is 2.13. The van der Waals surface area contributed by atoms with E-state index in [4.69, 9.17) is 0 Å². The number of hydrogen-bond donors (Lipinski definition) is 2. The van der Waals surface area contributed by atoms with Crippen molar-refractivity contribution in [1.29, 1.82) is 0 Å². The standard InChI is InChI=1S/C14H22N2O2S/c1-2-19(17,18)14-7-5-13(6-8-14)16-12-4-3-10-15-11-9-12/h5-8,12,15-16H,2-4,9-11H2,1H3. The van der Waals surface area contributed by atoms with Gasteiger partial charge in [-0.05, 0) is 56.6 Å². The molecule has 1 atom stereocenters. The average molecular weight is 282 g/mol. The molecule has 0 radical (unpaired) electrons. The van der Waals surface area contributed by atoms with Crippen LogP contribution in [0.2, 0.25) is 0 Å². The van der Waals surface area contributed by atoms with Gasteiger partial charge in [-0.15, -0.1) is 0 Å². The molecule has 0 bridgehead atoms. The molecule has 19 heavy (non-hydrogen) atoms. The van der Waals surface area contributed by atoms with E-state index in [9.17, 15) is 8.42 Å². The Morgan fingerprint density at radius 2 is 1.95 bits per heavy atom. The second-order valence-electron chi connectivity index (χ2n) is 4.95. The predicted molar refractivity (Wildman–Crippen MR) is 78.3 cm³/mol. The molecule has 0 aromatic heterocycles. The van der Waals surface area contributed by atoms with Crippen LogP contribution in [0.15, 0.2) is 29.2 Å². The molecular weight excluding hydrogens is 260 g/mol. The topological polar surface area (TPSA) is 58.2 Å². The zero-order valence-electron chi connectivity index (χ0n) is 11.4. The van der Waals surface area contributed by atoms with Crippen molar-refractivity contribution in [3.05, 3.63) is 24.3 Å². The summed E-state index contributed by atoms with van der Waals surface area (Å²) in [5.41, 5.74) is 1.00. The smallest absolute Gasteiger partial charge is 0.178 e. The molecule has 1 aliphatic rings. The van der Waals surface area contributed by atoms with Crippen molar-refractivity contribution in [2.45, 2.75) is 37.1 Å². The first-order chi connectivity index (χ1) is 9.12. The molecule has 1 heterocycles. The van der Waals surface area contributed by atoms with Gasteiger partial charge < -0.3 is 10.6 Å². The van der Waals surface area contributed by atoms with E-state index in [-0.39, 0.29) is 5.75 Å². The molecule has 2 rings (SSSR count). The summed E-state index contributed by atoms with van der Waals surface area (Å²) in [5, 5.41) is 6.86. The number of benzene rings is 1. The lowest BCUT2D eigenvalue weighted by Crippen LogP contribution is -2.21. The Bertz CT molecular complexity index is 489. The fourth-order valence-electron chi connectivity index (χ4n) is 2.32. The lowest BCUT2D eigenvalue weighted by atomic mass is 10.1. The molecule has 0 spiro atoms. The van der Waals surface area contributed by atoms with Gasteiger partial charge in [0, 0.05) is 11.7 Å². The molecule has 0 amide bonds. The highest BCUT2D eigenvalue weighted by molar-refractivity contribution is 7.91. The van der Waals surface area contributed by atoms with Crippen LogP contribution >= 0.6 is 0 Å². The van der Waals surface area contributed by atoms with Gasteiger partial charge in [-0.25, -0.2) is 8.42 Å². The second-order valence-corrected chi connectivity index (χ2v) is 7.23. The Hall–Kier alpha value is -1.07. The lowest BCUT2D eigenvalue weighted by molar-refractivity contribution is 0.597. The first-order valence-corrected chi connectivity index (χ1v) is 8.57. The van der Waals surface area contributed by atoms with Crippen LogP contribution < -0.4 is 10.6 Å². The molecule has 2 N–H and O–H groups in total. The number of nitrogens with one attached hydrogen (secondary N) is 2. The highest BCUT2D eigenvalue weighted by atomic mass is 32.2. The Balaban J connectivity index is 2.02. The normalized spacial score (nSPS) is 20.8. The predicted octanol–water partition coefficient (Wildman–Crippen LogP) is 2.03. The van der Waals surface area contributed by atoms with Crippen molar-refractivity contribution in [3.8, 4) is 0 Å². The molecule has 5 heteroatoms. The van der Waals surface area contributed by atoms with E-state index in [1.807, 2.05) is 12.1 Å². The summed E-state index contributed by atoms with van der Waals surface area (Å²) in [6.07, 6.45) is 3.44. The Morgan fingerprint density at radius 1 is 1.21 bits per heavy atom. The summed E-state index contributed by atoms with van der Waals surface area (Å²) in [6.45, 7) is 3.80. The summed E-state index contributed by atoms with van der Waals surface area (Å²) < 4.78 is 23.4. The quantitative estimate of drug-likeness (QED) is 0.887. The van der Waals surface area contributed by atoms with Gasteiger partial charge in [0.05, 0.1) is 10.6 Å². The molecule has 1 fully saturated rings. The maximum absolute atomic E-state index is 11.7. The number of rotatable bonds is 4. The van der Waals surface area contributed by atoms with Gasteiger partial charge in [-0.1, -0.05) is 6.92 Å². The van der Waals surface area contributed by atoms with Crippen LogP contribution in [0.5, 0.6) is 0 Å². The van der Waals surface area contributed by atoms with Crippen LogP contribution in [0, 0.1) is 0 Å². The van der Waals surface area contributed by atoms with E-state index in [1.54, 1.807) is 19.1 Å². The Morgan fingerprint density at radius 3 is 2.63 bits per heavy atom. The van der Waals surface area contributed by atoms with Crippen LogP contribution in [0.25, 0.3) is 0 Å². The van der Waals surface area contributed by atoms with Crippen molar-refractivity contribution in [2.24, 2.45) is 0 Å². The SMILES string of the molecule is CCS(=O)(=O)c1ccc(NC2CCCNCC2)cc1. The molecule has 1 aromatic carbocycles. The van der Waals surface area contributed by atoms with Crippen molar-refractivity contribution in [2.75, 3.05) is 24.2 Å². The first kappa shape index (κ1) is 14.3. The van der Waals surface area contributed by atoms with E-state index >= 15 is 0 Å². The summed E-state index contributed by atoms with van der Waals surface area (Å²) >= 11 is 0. The van der Waals surface area contributed by atoms with Gasteiger partial charge in [0.25, 0.3) is 0 Å². The highest BCUT2D eigenvalue weighted by Crippen LogP contribution is 2.18. The zero-order valence-corrected chi connectivity index (χ0v) is 12.2. The van der Waals surface area contributed by atoms with E-state index in [1.165, 1.54) is 6.42 Å². The van der Waals surface area contributed by atoms with Gasteiger partial charge in [-0.3, -0.25) is 0 Å². The molecule has 1 aromatic rings. The third-order valence-electron chi connectivity index (χ3n) is 3.54. The molecular formula is C14H22N2O2S. The van der Waals surface area contributed by atoms with Crippen LogP contribution in [-0.4, -0.2) is 33.3 Å². The van der Waals surface area contributed by atoms with Crippen molar-refractivity contribution >= 4 is 15.5 Å². The van der Waals surface area contributed by atoms with E-state index in [2.05, 4.69) is 10.6 Å². The van der Waals surface area contributed by atoms with Gasteiger partial charge in [0.1, 0.15) is 0 Å². The number of sulfone groups is 1. The molecule has 1 unspecified atom stereocenters. The maximum atomic E-state index is 11.7. The van der Waals surface area contributed by atoms with Crippen molar-refractivity contribution in [1.82, 2.24) is 5.32 Å². The average Bonchev–Trinajstić information content (AvgIpc) is 2.68. The van der Waals surface area contributed by atoms with Crippen LogP contribution in [0.4, 0.5) is 5.69 Å². The number of anilines is 1. The Kier molecular flexibility index (Phi) is 4.82. The molecule has 4 nitrogen and oxygen atoms in total. The zero-order chi connectivity index (χ0) is 13.7. The maximum Gasteiger partial charge on any atom is 0.178 e. The van der Waals surface area contributed by atoms with Gasteiger partial charge in [0.2, 0.25) is 0 Å². The molecule has 1 saturated heterocycles. The number of hydrogen-bond acceptors (Lipinski definition) is 4. The van der Waals surface area contributed by atoms with Crippen LogP contribution in [0.1, 0.15) is 26.2 Å². The van der Waals surface area contributed by atoms with E-state index in [0.29, 0.717) is 10.9 Å². The fourth-order valence-corrected chi connectivity index (χ4v) is 3.21. The van der Waals surface area contributed by atoms with Crippen molar-refractivity contribution in [3.63, 3.8) is 0 Å². The molecule has 1 aliphatic heterocycles. The molecule has 0 aliphatic carbocycles. The van der Waals surface area contributed by atoms with Gasteiger partial charge in [0.15, 0.2) is 9.84 Å². The minimum atomic E-state index is -3.09. The van der Waals surface area contributed by atoms with Crippen molar-refractivity contribution < 1.29 is 8.42 Å². The van der Waals surface area contributed by atoms with Gasteiger partial charge >= 0.3 is 0 Å². The first-order valence-electron chi connectivity index (χ1n) is 6.92. The minimum absolute atomic E-state index is 0.147. The summed E-state index contributed by atoms with van der Waals surface area (Å²) in [7, 11) is -3.09. The second kappa shape index (κ2) is 6.39. The fraction of sp³-hybridized carbons (Fsp3) is 0.571. The summed E-state index contributed by atoms with van der Waals surface area (Å²) in [4.78, 5) is 0.406. The largest absolute Gasteiger partial charge is 0.382 e. The van der Waals surface area contributed by atoms with Gasteiger partial charge in [-0.2, -0.15) is 0 Å². The monoisotopic (exact) mass is 282 g/mol. The van der Waals surface area contributed by atoms with E-state index < -0.39 is 9.84 Å². The third-order valence-corrected chi connectivity index (χ3v) is 5.29. The summed E-state index contributed by atoms with van der Waals surface area (Å²) in [6, 6.07) is 7.58. The third kappa shape index (κ3) is 3.94. The molecule has 0 saturated carbocycles. The van der Waals surface area contributed by atoms with Crippen LogP contribution in [-0.2, 0) is 9.84 Å². The molecule has 106 valence electrons. The minimum Gasteiger partial charge on any atom is -0.382 e. The van der Waals surface area contributed by atoms with Crippen LogP contribution in [0.3, 0.4) is 0 Å².